The second-order valence-electron chi connectivity index (χ2n) is 6.25. The summed E-state index contributed by atoms with van der Waals surface area (Å²) < 4.78 is 19.3. The van der Waals surface area contributed by atoms with Crippen molar-refractivity contribution in [1.29, 1.82) is 0 Å². The van der Waals surface area contributed by atoms with Crippen molar-refractivity contribution in [2.45, 2.75) is 17.5 Å². The first-order valence-electron chi connectivity index (χ1n) is 8.98. The Morgan fingerprint density at radius 3 is 2.53 bits per heavy atom. The number of aromatic nitrogens is 5. The van der Waals surface area contributed by atoms with E-state index in [0.717, 1.165) is 10.7 Å². The summed E-state index contributed by atoms with van der Waals surface area (Å²) in [6, 6.07) is 17.4. The van der Waals surface area contributed by atoms with E-state index < -0.39 is 0 Å². The van der Waals surface area contributed by atoms with Gasteiger partial charge in [0.15, 0.2) is 21.3 Å². The van der Waals surface area contributed by atoms with E-state index in [2.05, 4.69) is 48.5 Å². The highest BCUT2D eigenvalue weighted by Gasteiger charge is 2.19. The van der Waals surface area contributed by atoms with Crippen LogP contribution in [0.3, 0.4) is 0 Å². The Hall–Kier alpha value is -3.11. The minimum atomic E-state index is 0.350. The molecule has 5 rings (SSSR count). The first kappa shape index (κ1) is 18.9. The van der Waals surface area contributed by atoms with Gasteiger partial charge in [-0.1, -0.05) is 42.1 Å². The monoisotopic (exact) mass is 483 g/mol. The first-order valence-corrected chi connectivity index (χ1v) is 10.8. The van der Waals surface area contributed by atoms with Crippen molar-refractivity contribution in [3.8, 4) is 23.2 Å². The van der Waals surface area contributed by atoms with Gasteiger partial charge in [0.1, 0.15) is 0 Å². The number of halogens is 1. The maximum Gasteiger partial charge on any atom is 0.283 e. The summed E-state index contributed by atoms with van der Waals surface area (Å²) in [5.41, 5.74) is 1.13. The summed E-state index contributed by atoms with van der Waals surface area (Å²) in [5.74, 6) is 3.09. The van der Waals surface area contributed by atoms with Crippen molar-refractivity contribution in [3.05, 3.63) is 77.0 Å². The lowest BCUT2D eigenvalue weighted by Gasteiger charge is -2.08. The Morgan fingerprint density at radius 2 is 1.77 bits per heavy atom. The number of furan rings is 2. The summed E-state index contributed by atoms with van der Waals surface area (Å²) >= 11 is 4.80. The summed E-state index contributed by atoms with van der Waals surface area (Å²) in [4.78, 5) is 0. The predicted octanol–water partition coefficient (Wildman–Crippen LogP) is 5.28. The van der Waals surface area contributed by atoms with Crippen LogP contribution >= 0.6 is 27.7 Å². The fraction of sp³-hybridized carbons (Fsp3) is 0.100. The minimum Gasteiger partial charge on any atom is -0.459 e. The highest BCUT2D eigenvalue weighted by Crippen LogP contribution is 2.30. The van der Waals surface area contributed by atoms with E-state index in [-0.39, 0.29) is 0 Å². The first-order chi connectivity index (χ1) is 14.8. The number of thioether (sulfide) groups is 1. The summed E-state index contributed by atoms with van der Waals surface area (Å²) in [7, 11) is 0. The lowest BCUT2D eigenvalue weighted by atomic mass is 10.2. The Balaban J connectivity index is 1.41. The molecule has 0 spiro atoms. The fourth-order valence-electron chi connectivity index (χ4n) is 2.86. The molecular formula is C20H14BrN5O3S. The third-order valence-corrected chi connectivity index (χ3v) is 5.60. The molecule has 0 amide bonds. The average Bonchev–Trinajstić information content (AvgIpc) is 3.55. The zero-order valence-corrected chi connectivity index (χ0v) is 17.8. The molecule has 0 N–H and O–H groups in total. The largest absolute Gasteiger partial charge is 0.459 e. The quantitative estimate of drug-likeness (QED) is 0.288. The third-order valence-electron chi connectivity index (χ3n) is 4.22. The van der Waals surface area contributed by atoms with E-state index in [9.17, 15) is 0 Å². The van der Waals surface area contributed by atoms with Crippen LogP contribution in [0.15, 0.2) is 83.9 Å². The summed E-state index contributed by atoms with van der Waals surface area (Å²) in [5, 5.41) is 17.6. The lowest BCUT2D eigenvalue weighted by Crippen LogP contribution is -2.04. The molecule has 30 heavy (non-hydrogen) atoms. The van der Waals surface area contributed by atoms with Crippen molar-refractivity contribution in [2.75, 3.05) is 0 Å². The summed E-state index contributed by atoms with van der Waals surface area (Å²) in [6.45, 7) is 0.602. The highest BCUT2D eigenvalue weighted by molar-refractivity contribution is 9.10. The Labute approximate surface area is 183 Å². The second kappa shape index (κ2) is 8.33. The molecule has 4 aromatic heterocycles. The lowest BCUT2D eigenvalue weighted by molar-refractivity contribution is 0.494. The van der Waals surface area contributed by atoms with Gasteiger partial charge in [-0.05, 0) is 45.8 Å². The van der Waals surface area contributed by atoms with Gasteiger partial charge in [-0.3, -0.25) is 4.57 Å². The van der Waals surface area contributed by atoms with Gasteiger partial charge in [0.2, 0.25) is 11.7 Å². The maximum absolute atomic E-state index is 5.70. The molecule has 1 aromatic carbocycles. The minimum absolute atomic E-state index is 0.350. The van der Waals surface area contributed by atoms with Gasteiger partial charge in [0.05, 0.1) is 18.6 Å². The molecule has 0 unspecified atom stereocenters. The van der Waals surface area contributed by atoms with Crippen LogP contribution in [0.1, 0.15) is 11.5 Å². The molecule has 0 aliphatic carbocycles. The molecular weight excluding hydrogens is 470 g/mol. The fourth-order valence-corrected chi connectivity index (χ4v) is 3.94. The zero-order chi connectivity index (χ0) is 20.3. The Morgan fingerprint density at radius 1 is 0.867 bits per heavy atom. The van der Waals surface area contributed by atoms with Crippen LogP contribution < -0.4 is 0 Å². The summed E-state index contributed by atoms with van der Waals surface area (Å²) in [6.07, 6.45) is 1.56. The molecule has 0 aliphatic rings. The normalized spacial score (nSPS) is 11.2. The van der Waals surface area contributed by atoms with E-state index in [0.29, 0.717) is 46.1 Å². The topological polar surface area (TPSA) is 95.9 Å². The van der Waals surface area contributed by atoms with Crippen molar-refractivity contribution < 1.29 is 13.3 Å². The van der Waals surface area contributed by atoms with Crippen LogP contribution in [0, 0.1) is 0 Å². The second-order valence-corrected chi connectivity index (χ2v) is 7.97. The smallest absolute Gasteiger partial charge is 0.283 e. The molecule has 150 valence electrons. The predicted molar refractivity (Wildman–Crippen MR) is 113 cm³/mol. The van der Waals surface area contributed by atoms with Crippen LogP contribution in [-0.4, -0.2) is 25.0 Å². The van der Waals surface area contributed by atoms with Gasteiger partial charge in [-0.2, -0.15) is 0 Å². The van der Waals surface area contributed by atoms with Crippen LogP contribution in [0.4, 0.5) is 0 Å². The molecule has 10 heteroatoms. The van der Waals surface area contributed by atoms with Crippen LogP contribution in [0.2, 0.25) is 0 Å². The third kappa shape index (κ3) is 3.96. The van der Waals surface area contributed by atoms with Crippen molar-refractivity contribution >= 4 is 27.7 Å². The molecule has 4 heterocycles. The van der Waals surface area contributed by atoms with E-state index in [1.54, 1.807) is 18.4 Å². The van der Waals surface area contributed by atoms with Gasteiger partial charge in [-0.25, -0.2) is 0 Å². The van der Waals surface area contributed by atoms with Crippen LogP contribution in [-0.2, 0) is 12.3 Å². The molecule has 5 aromatic rings. The Kier molecular flexibility index (Phi) is 5.24. The molecule has 0 fully saturated rings. The highest BCUT2D eigenvalue weighted by atomic mass is 79.9. The maximum atomic E-state index is 5.70. The number of benzene rings is 1. The van der Waals surface area contributed by atoms with Gasteiger partial charge >= 0.3 is 0 Å². The van der Waals surface area contributed by atoms with Gasteiger partial charge in [0, 0.05) is 0 Å². The molecule has 0 atom stereocenters. The number of hydrogen-bond donors (Lipinski definition) is 0. The molecule has 0 radical (unpaired) electrons. The van der Waals surface area contributed by atoms with E-state index >= 15 is 0 Å². The molecule has 0 saturated heterocycles. The van der Waals surface area contributed by atoms with Crippen molar-refractivity contribution in [3.63, 3.8) is 0 Å². The van der Waals surface area contributed by atoms with Crippen LogP contribution in [0.5, 0.6) is 0 Å². The number of rotatable bonds is 7. The number of nitrogens with zero attached hydrogens (tertiary/aromatic N) is 5. The standard InChI is InChI=1S/C20H14BrN5O3S/c21-16-9-8-14(28-16)18-23-25-20(26(18)11-13-5-2-1-3-6-13)30-12-17-22-24-19(29-17)15-7-4-10-27-15/h1-10H,11-12H2. The zero-order valence-electron chi connectivity index (χ0n) is 15.4. The van der Waals surface area contributed by atoms with Crippen LogP contribution in [0.25, 0.3) is 23.2 Å². The molecule has 0 aliphatic heterocycles. The molecule has 0 saturated carbocycles. The van der Waals surface area contributed by atoms with E-state index in [4.69, 9.17) is 13.3 Å². The van der Waals surface area contributed by atoms with Gasteiger partial charge in [0.25, 0.3) is 5.89 Å². The van der Waals surface area contributed by atoms with Gasteiger partial charge in [-0.15, -0.1) is 20.4 Å². The van der Waals surface area contributed by atoms with Crippen molar-refractivity contribution in [2.24, 2.45) is 0 Å². The van der Waals surface area contributed by atoms with E-state index in [1.165, 1.54) is 11.8 Å². The SMILES string of the molecule is Brc1ccc(-c2nnc(SCc3nnc(-c4ccco4)o3)n2Cc2ccccc2)o1. The number of hydrogen-bond acceptors (Lipinski definition) is 8. The molecule has 0 bridgehead atoms. The Bertz CT molecular complexity index is 1250. The molecule has 8 nitrogen and oxygen atoms in total. The average molecular weight is 484 g/mol. The van der Waals surface area contributed by atoms with Gasteiger partial charge < -0.3 is 13.3 Å². The van der Waals surface area contributed by atoms with Crippen molar-refractivity contribution in [1.82, 2.24) is 25.0 Å². The van der Waals surface area contributed by atoms with E-state index in [1.807, 2.05) is 34.9 Å².